The first-order chi connectivity index (χ1) is 6.56. The van der Waals surface area contributed by atoms with E-state index < -0.39 is 14.6 Å². The van der Waals surface area contributed by atoms with E-state index in [9.17, 15) is 8.42 Å². The van der Waals surface area contributed by atoms with Crippen LogP contribution in [-0.2, 0) is 9.84 Å². The number of nitrogens with one attached hydrogen (secondary N) is 1. The third kappa shape index (κ3) is 2.94. The van der Waals surface area contributed by atoms with Crippen molar-refractivity contribution >= 4 is 9.84 Å². The molecule has 0 radical (unpaired) electrons. The van der Waals surface area contributed by atoms with E-state index in [0.717, 1.165) is 12.8 Å². The van der Waals surface area contributed by atoms with E-state index in [1.54, 1.807) is 0 Å². The molecule has 0 aromatic rings. The van der Waals surface area contributed by atoms with Crippen LogP contribution in [0.4, 0.5) is 0 Å². The van der Waals surface area contributed by atoms with Crippen LogP contribution in [0, 0.1) is 5.92 Å². The Bertz CT molecular complexity index is 321. The molecule has 1 aliphatic rings. The van der Waals surface area contributed by atoms with Crippen LogP contribution in [0.5, 0.6) is 0 Å². The molecule has 1 fully saturated rings. The van der Waals surface area contributed by atoms with Crippen molar-refractivity contribution in [3.05, 3.63) is 0 Å². The molecule has 0 spiro atoms. The number of rotatable bonds is 3. The van der Waals surface area contributed by atoms with Gasteiger partial charge in [-0.25, -0.2) is 8.42 Å². The molecule has 4 heteroatoms. The van der Waals surface area contributed by atoms with Crippen molar-refractivity contribution in [1.82, 2.24) is 5.32 Å². The van der Waals surface area contributed by atoms with Crippen molar-refractivity contribution in [2.75, 3.05) is 12.8 Å². The van der Waals surface area contributed by atoms with Crippen molar-refractivity contribution in [1.29, 1.82) is 0 Å². The molecule has 90 valence electrons. The summed E-state index contributed by atoms with van der Waals surface area (Å²) < 4.78 is 23.0. The molecule has 1 N–H and O–H groups in total. The van der Waals surface area contributed by atoms with Crippen LogP contribution in [-0.4, -0.2) is 31.5 Å². The van der Waals surface area contributed by atoms with Gasteiger partial charge in [0.1, 0.15) is 0 Å². The minimum Gasteiger partial charge on any atom is -0.310 e. The molecular weight excluding hydrogens is 210 g/mol. The van der Waals surface area contributed by atoms with Gasteiger partial charge in [0.05, 0.1) is 4.75 Å². The van der Waals surface area contributed by atoms with Gasteiger partial charge in [-0.2, -0.15) is 0 Å². The molecule has 0 atom stereocenters. The molecule has 1 rings (SSSR count). The van der Waals surface area contributed by atoms with E-state index in [1.165, 1.54) is 6.26 Å². The van der Waals surface area contributed by atoms with Gasteiger partial charge >= 0.3 is 0 Å². The molecule has 0 heterocycles. The predicted molar refractivity (Wildman–Crippen MR) is 63.7 cm³/mol. The van der Waals surface area contributed by atoms with Crippen LogP contribution in [0.3, 0.4) is 0 Å². The molecule has 1 aliphatic carbocycles. The highest BCUT2D eigenvalue weighted by atomic mass is 32.2. The Balaban J connectivity index is 2.70. The number of hydrogen-bond acceptors (Lipinski definition) is 3. The van der Waals surface area contributed by atoms with Crippen molar-refractivity contribution in [2.24, 2.45) is 5.92 Å². The van der Waals surface area contributed by atoms with Crippen molar-refractivity contribution in [2.45, 2.75) is 50.8 Å². The second kappa shape index (κ2) is 3.74. The summed E-state index contributed by atoms with van der Waals surface area (Å²) in [5.41, 5.74) is -0.0173. The largest absolute Gasteiger partial charge is 0.310 e. The quantitative estimate of drug-likeness (QED) is 0.805. The Hall–Kier alpha value is -0.0900. The molecule has 0 aromatic heterocycles. The van der Waals surface area contributed by atoms with Gasteiger partial charge in [0, 0.05) is 18.3 Å². The van der Waals surface area contributed by atoms with Gasteiger partial charge in [0.15, 0.2) is 9.84 Å². The summed E-state index contributed by atoms with van der Waals surface area (Å²) in [7, 11) is -2.95. The van der Waals surface area contributed by atoms with Gasteiger partial charge in [-0.1, -0.05) is 6.92 Å². The molecule has 0 aromatic carbocycles. The van der Waals surface area contributed by atoms with Crippen molar-refractivity contribution in [3.63, 3.8) is 0 Å². The third-order valence-electron chi connectivity index (χ3n) is 3.17. The Morgan fingerprint density at radius 2 is 1.80 bits per heavy atom. The maximum Gasteiger partial charge on any atom is 0.154 e. The van der Waals surface area contributed by atoms with Gasteiger partial charge in [-0.05, 0) is 39.5 Å². The van der Waals surface area contributed by atoms with Crippen LogP contribution >= 0.6 is 0 Å². The topological polar surface area (TPSA) is 46.2 Å². The van der Waals surface area contributed by atoms with E-state index in [4.69, 9.17) is 0 Å². The minimum atomic E-state index is -2.95. The number of sulfone groups is 1. The van der Waals surface area contributed by atoms with Gasteiger partial charge in [0.2, 0.25) is 0 Å². The second-order valence-electron chi connectivity index (χ2n) is 6.07. The fourth-order valence-corrected chi connectivity index (χ4v) is 3.72. The van der Waals surface area contributed by atoms with E-state index in [2.05, 4.69) is 33.0 Å². The molecule has 0 saturated heterocycles. The fraction of sp³-hybridized carbons (Fsp3) is 1.00. The first-order valence-electron chi connectivity index (χ1n) is 5.50. The lowest BCUT2D eigenvalue weighted by Gasteiger charge is -2.46. The fourth-order valence-electron chi connectivity index (χ4n) is 2.21. The minimum absolute atomic E-state index is 0.0173. The van der Waals surface area contributed by atoms with Crippen molar-refractivity contribution in [3.8, 4) is 0 Å². The van der Waals surface area contributed by atoms with Gasteiger partial charge in [-0.15, -0.1) is 0 Å². The second-order valence-corrected chi connectivity index (χ2v) is 8.48. The summed E-state index contributed by atoms with van der Waals surface area (Å²) in [5.74, 6) is 0.543. The van der Waals surface area contributed by atoms with Gasteiger partial charge in [0.25, 0.3) is 0 Å². The van der Waals surface area contributed by atoms with Crippen LogP contribution in [0.2, 0.25) is 0 Å². The average molecular weight is 233 g/mol. The van der Waals surface area contributed by atoms with Crippen LogP contribution < -0.4 is 5.32 Å². The Kier molecular flexibility index (Phi) is 3.23. The molecule has 0 unspecified atom stereocenters. The summed E-state index contributed by atoms with van der Waals surface area (Å²) in [4.78, 5) is 0. The van der Waals surface area contributed by atoms with Crippen molar-refractivity contribution < 1.29 is 8.42 Å². The third-order valence-corrected chi connectivity index (χ3v) is 5.22. The monoisotopic (exact) mass is 233 g/mol. The zero-order chi connectivity index (χ0) is 11.9. The summed E-state index contributed by atoms with van der Waals surface area (Å²) in [6.45, 7) is 8.88. The molecule has 0 amide bonds. The smallest absolute Gasteiger partial charge is 0.154 e. The first-order valence-corrected chi connectivity index (χ1v) is 7.40. The lowest BCUT2D eigenvalue weighted by atomic mass is 9.75. The van der Waals surface area contributed by atoms with Gasteiger partial charge < -0.3 is 5.32 Å². The Labute approximate surface area is 93.6 Å². The highest BCUT2D eigenvalue weighted by molar-refractivity contribution is 7.92. The SMILES string of the molecule is CC1CC(CNC(C)(C)C)(S(C)(=O)=O)C1. The van der Waals surface area contributed by atoms with Crippen LogP contribution in [0.25, 0.3) is 0 Å². The summed E-state index contributed by atoms with van der Waals surface area (Å²) >= 11 is 0. The zero-order valence-corrected chi connectivity index (χ0v) is 11.2. The predicted octanol–water partition coefficient (Wildman–Crippen LogP) is 1.59. The maximum absolute atomic E-state index is 11.8. The summed E-state index contributed by atoms with van der Waals surface area (Å²) in [6, 6.07) is 0. The zero-order valence-electron chi connectivity index (χ0n) is 10.4. The van der Waals surface area contributed by atoms with Crippen LogP contribution in [0.15, 0.2) is 0 Å². The molecular formula is C11H23NO2S. The normalized spacial score (nSPS) is 32.5. The standard InChI is InChI=1S/C11H23NO2S/c1-9-6-11(7-9,15(5,13)14)8-12-10(2,3)4/h9,12H,6-8H2,1-5H3. The molecule has 0 bridgehead atoms. The molecule has 1 saturated carbocycles. The van der Waals surface area contributed by atoms with Gasteiger partial charge in [-0.3, -0.25) is 0 Å². The molecule has 3 nitrogen and oxygen atoms in total. The summed E-state index contributed by atoms with van der Waals surface area (Å²) in [6.07, 6.45) is 2.97. The maximum atomic E-state index is 11.8. The van der Waals surface area contributed by atoms with E-state index in [1.807, 2.05) is 0 Å². The van der Waals surface area contributed by atoms with E-state index in [-0.39, 0.29) is 5.54 Å². The average Bonchev–Trinajstić information content (AvgIpc) is 1.91. The first kappa shape index (κ1) is 13.0. The van der Waals surface area contributed by atoms with E-state index in [0.29, 0.717) is 12.5 Å². The molecule has 15 heavy (non-hydrogen) atoms. The number of hydrogen-bond donors (Lipinski definition) is 1. The summed E-state index contributed by atoms with van der Waals surface area (Å²) in [5, 5.41) is 3.31. The van der Waals surface area contributed by atoms with Crippen LogP contribution in [0.1, 0.15) is 40.5 Å². The van der Waals surface area contributed by atoms with E-state index >= 15 is 0 Å². The lowest BCUT2D eigenvalue weighted by molar-refractivity contribution is 0.215. The highest BCUT2D eigenvalue weighted by Crippen LogP contribution is 2.43. The highest BCUT2D eigenvalue weighted by Gasteiger charge is 2.50. The Morgan fingerprint density at radius 3 is 2.07 bits per heavy atom. The Morgan fingerprint density at radius 1 is 1.33 bits per heavy atom. The molecule has 0 aliphatic heterocycles. The lowest BCUT2D eigenvalue weighted by Crippen LogP contribution is -2.58.